The number of esters is 1. The Labute approximate surface area is 174 Å². The normalized spacial score (nSPS) is 11.3. The van der Waals surface area contributed by atoms with E-state index in [-0.39, 0.29) is 23.6 Å². The number of nitriles is 1. The first-order chi connectivity index (χ1) is 13.9. The first kappa shape index (κ1) is 22.2. The number of pyridine rings is 1. The van der Waals surface area contributed by atoms with Crippen molar-refractivity contribution in [3.63, 3.8) is 0 Å². The number of carbonyl (C=O) groups is 2. The van der Waals surface area contributed by atoms with Gasteiger partial charge in [-0.25, -0.2) is 9.78 Å². The SMILES string of the molecule is CCOC(=O)c1cc(C#N)c(S[C@H](C)C(=O)Nc2ccc(OCC)cc2)nc1C. The molecule has 2 aromatic rings. The standard InChI is InChI=1S/C21H23N3O4S/c1-5-27-17-9-7-16(8-10-17)24-19(25)14(4)29-20-15(12-22)11-18(13(3)23-20)21(26)28-6-2/h7-11,14H,5-6H2,1-4H3,(H,24,25)/t14-/m1/s1. The molecule has 1 aromatic carbocycles. The molecule has 0 aliphatic rings. The van der Waals surface area contributed by atoms with Crippen molar-refractivity contribution >= 4 is 29.3 Å². The summed E-state index contributed by atoms with van der Waals surface area (Å²) in [6.45, 7) is 7.81. The van der Waals surface area contributed by atoms with Gasteiger partial charge in [0.2, 0.25) is 5.91 Å². The number of carbonyl (C=O) groups excluding carboxylic acids is 2. The molecule has 0 saturated heterocycles. The van der Waals surface area contributed by atoms with Crippen molar-refractivity contribution in [1.29, 1.82) is 5.26 Å². The summed E-state index contributed by atoms with van der Waals surface area (Å²) in [6, 6.07) is 10.6. The zero-order chi connectivity index (χ0) is 21.4. The van der Waals surface area contributed by atoms with E-state index in [9.17, 15) is 14.9 Å². The van der Waals surface area contributed by atoms with Gasteiger partial charge in [0.25, 0.3) is 0 Å². The van der Waals surface area contributed by atoms with E-state index in [4.69, 9.17) is 9.47 Å². The maximum atomic E-state index is 12.5. The van der Waals surface area contributed by atoms with Crippen molar-refractivity contribution in [2.24, 2.45) is 0 Å². The van der Waals surface area contributed by atoms with Gasteiger partial charge < -0.3 is 14.8 Å². The lowest BCUT2D eigenvalue weighted by Crippen LogP contribution is -2.22. The van der Waals surface area contributed by atoms with Gasteiger partial charge in [-0.3, -0.25) is 4.79 Å². The van der Waals surface area contributed by atoms with Crippen molar-refractivity contribution in [1.82, 2.24) is 4.98 Å². The molecule has 0 radical (unpaired) electrons. The molecule has 0 bridgehead atoms. The molecule has 1 N–H and O–H groups in total. The van der Waals surface area contributed by atoms with E-state index in [0.29, 0.717) is 23.0 Å². The second kappa shape index (κ2) is 10.5. The Hall–Kier alpha value is -3.05. The van der Waals surface area contributed by atoms with E-state index in [2.05, 4.69) is 10.3 Å². The smallest absolute Gasteiger partial charge is 0.340 e. The molecule has 7 nitrogen and oxygen atoms in total. The number of nitrogens with one attached hydrogen (secondary N) is 1. The summed E-state index contributed by atoms with van der Waals surface area (Å²) in [7, 11) is 0. The second-order valence-electron chi connectivity index (χ2n) is 6.01. The number of amides is 1. The third-order valence-electron chi connectivity index (χ3n) is 3.88. The molecular formula is C21H23N3O4S. The number of aromatic nitrogens is 1. The van der Waals surface area contributed by atoms with Gasteiger partial charge in [0.05, 0.1) is 35.3 Å². The fraction of sp³-hybridized carbons (Fsp3) is 0.333. The Morgan fingerprint density at radius 1 is 1.24 bits per heavy atom. The molecule has 2 rings (SSSR count). The van der Waals surface area contributed by atoms with Crippen molar-refractivity contribution in [2.45, 2.75) is 38.0 Å². The average Bonchev–Trinajstić information content (AvgIpc) is 2.70. The number of nitrogens with zero attached hydrogens (tertiary/aromatic N) is 2. The van der Waals surface area contributed by atoms with Crippen LogP contribution in [0.2, 0.25) is 0 Å². The topological polar surface area (TPSA) is 101 Å². The van der Waals surface area contributed by atoms with Crippen LogP contribution in [-0.2, 0) is 9.53 Å². The highest BCUT2D eigenvalue weighted by Crippen LogP contribution is 2.28. The molecule has 0 fully saturated rings. The highest BCUT2D eigenvalue weighted by Gasteiger charge is 2.21. The van der Waals surface area contributed by atoms with Crippen molar-refractivity contribution < 1.29 is 19.1 Å². The van der Waals surface area contributed by atoms with Crippen LogP contribution < -0.4 is 10.1 Å². The van der Waals surface area contributed by atoms with E-state index < -0.39 is 11.2 Å². The van der Waals surface area contributed by atoms with Crippen LogP contribution in [0.1, 0.15) is 42.4 Å². The van der Waals surface area contributed by atoms with Gasteiger partial charge in [-0.15, -0.1) is 0 Å². The molecule has 0 saturated carbocycles. The molecule has 0 unspecified atom stereocenters. The van der Waals surface area contributed by atoms with E-state index in [1.165, 1.54) is 6.07 Å². The fourth-order valence-corrected chi connectivity index (χ4v) is 3.36. The first-order valence-electron chi connectivity index (χ1n) is 9.18. The molecule has 1 aromatic heterocycles. The highest BCUT2D eigenvalue weighted by atomic mass is 32.2. The van der Waals surface area contributed by atoms with Crippen LogP contribution in [0.25, 0.3) is 0 Å². The Morgan fingerprint density at radius 3 is 2.52 bits per heavy atom. The Balaban J connectivity index is 2.11. The van der Waals surface area contributed by atoms with Crippen LogP contribution in [-0.4, -0.2) is 35.3 Å². The summed E-state index contributed by atoms with van der Waals surface area (Å²) in [5, 5.41) is 12.2. The molecule has 0 aliphatic heterocycles. The number of hydrogen-bond donors (Lipinski definition) is 1. The van der Waals surface area contributed by atoms with Gasteiger partial charge >= 0.3 is 5.97 Å². The Morgan fingerprint density at radius 2 is 1.93 bits per heavy atom. The predicted octanol–water partition coefficient (Wildman–Crippen LogP) is 3.96. The average molecular weight is 413 g/mol. The quantitative estimate of drug-likeness (QED) is 0.516. The molecule has 1 amide bonds. The number of aryl methyl sites for hydroxylation is 1. The number of hydrogen-bond acceptors (Lipinski definition) is 7. The third kappa shape index (κ3) is 5.96. The summed E-state index contributed by atoms with van der Waals surface area (Å²) in [5.41, 5.74) is 1.57. The van der Waals surface area contributed by atoms with Gasteiger partial charge in [0.15, 0.2) is 0 Å². The maximum absolute atomic E-state index is 12.5. The Bertz CT molecular complexity index is 923. The van der Waals surface area contributed by atoms with Crippen molar-refractivity contribution in [3.05, 3.63) is 47.2 Å². The highest BCUT2D eigenvalue weighted by molar-refractivity contribution is 8.00. The monoisotopic (exact) mass is 413 g/mol. The van der Waals surface area contributed by atoms with Crippen LogP contribution in [0.15, 0.2) is 35.4 Å². The lowest BCUT2D eigenvalue weighted by molar-refractivity contribution is -0.115. The van der Waals surface area contributed by atoms with Gasteiger partial charge in [0, 0.05) is 5.69 Å². The molecular weight excluding hydrogens is 390 g/mol. The van der Waals surface area contributed by atoms with Crippen molar-refractivity contribution in [3.8, 4) is 11.8 Å². The molecule has 0 aliphatic carbocycles. The minimum Gasteiger partial charge on any atom is -0.494 e. The van der Waals surface area contributed by atoms with Crippen LogP contribution in [0.4, 0.5) is 5.69 Å². The number of rotatable bonds is 8. The van der Waals surface area contributed by atoms with Crippen molar-refractivity contribution in [2.75, 3.05) is 18.5 Å². The first-order valence-corrected chi connectivity index (χ1v) is 10.1. The molecule has 0 spiro atoms. The predicted molar refractivity (Wildman–Crippen MR) is 111 cm³/mol. The van der Waals surface area contributed by atoms with Gasteiger partial charge in [-0.2, -0.15) is 5.26 Å². The minimum atomic E-state index is -0.521. The van der Waals surface area contributed by atoms with Gasteiger partial charge in [0.1, 0.15) is 16.8 Å². The molecule has 1 atom stereocenters. The number of anilines is 1. The summed E-state index contributed by atoms with van der Waals surface area (Å²) in [6.07, 6.45) is 0. The van der Waals surface area contributed by atoms with E-state index >= 15 is 0 Å². The number of benzene rings is 1. The minimum absolute atomic E-state index is 0.225. The maximum Gasteiger partial charge on any atom is 0.340 e. The van der Waals surface area contributed by atoms with Crippen LogP contribution >= 0.6 is 11.8 Å². The molecule has 152 valence electrons. The van der Waals surface area contributed by atoms with E-state index in [1.807, 2.05) is 13.0 Å². The largest absolute Gasteiger partial charge is 0.494 e. The summed E-state index contributed by atoms with van der Waals surface area (Å²) < 4.78 is 10.4. The number of thioether (sulfide) groups is 1. The Kier molecular flexibility index (Phi) is 8.04. The molecule has 1 heterocycles. The van der Waals surface area contributed by atoms with Gasteiger partial charge in [-0.1, -0.05) is 11.8 Å². The molecule has 8 heteroatoms. The van der Waals surface area contributed by atoms with Crippen LogP contribution in [0.5, 0.6) is 5.75 Å². The lowest BCUT2D eigenvalue weighted by atomic mass is 10.1. The molecule has 29 heavy (non-hydrogen) atoms. The fourth-order valence-electron chi connectivity index (χ4n) is 2.43. The zero-order valence-electron chi connectivity index (χ0n) is 16.8. The van der Waals surface area contributed by atoms with E-state index in [0.717, 1.165) is 17.5 Å². The third-order valence-corrected chi connectivity index (χ3v) is 4.99. The van der Waals surface area contributed by atoms with Gasteiger partial charge in [-0.05, 0) is 58.0 Å². The lowest BCUT2D eigenvalue weighted by Gasteiger charge is -2.14. The summed E-state index contributed by atoms with van der Waals surface area (Å²) in [5.74, 6) is -0.0169. The summed E-state index contributed by atoms with van der Waals surface area (Å²) >= 11 is 1.16. The zero-order valence-corrected chi connectivity index (χ0v) is 17.6. The summed E-state index contributed by atoms with van der Waals surface area (Å²) in [4.78, 5) is 28.9. The van der Waals surface area contributed by atoms with Crippen LogP contribution in [0.3, 0.4) is 0 Å². The van der Waals surface area contributed by atoms with E-state index in [1.54, 1.807) is 45.0 Å². The second-order valence-corrected chi connectivity index (χ2v) is 7.34. The van der Waals surface area contributed by atoms with Crippen LogP contribution in [0, 0.1) is 18.3 Å². The number of ether oxygens (including phenoxy) is 2.